The van der Waals surface area contributed by atoms with Crippen LogP contribution in [0.25, 0.3) is 0 Å². The SMILES string of the molecule is O=C1NCCN1C1(CO)CCOCC1. The number of aliphatic hydroxyl groups excluding tert-OH is 1. The second-order valence-corrected chi connectivity index (χ2v) is 3.88. The first-order valence-corrected chi connectivity index (χ1v) is 5.03. The molecule has 0 aromatic heterocycles. The Morgan fingerprint density at radius 3 is 2.71 bits per heavy atom. The molecule has 0 aliphatic carbocycles. The summed E-state index contributed by atoms with van der Waals surface area (Å²) in [6.07, 6.45) is 1.47. The van der Waals surface area contributed by atoms with Gasteiger partial charge in [-0.2, -0.15) is 0 Å². The van der Waals surface area contributed by atoms with E-state index in [-0.39, 0.29) is 18.2 Å². The summed E-state index contributed by atoms with van der Waals surface area (Å²) in [5.74, 6) is 0. The number of urea groups is 1. The van der Waals surface area contributed by atoms with Gasteiger partial charge >= 0.3 is 6.03 Å². The lowest BCUT2D eigenvalue weighted by atomic mass is 9.89. The molecule has 0 unspecified atom stereocenters. The summed E-state index contributed by atoms with van der Waals surface area (Å²) in [4.78, 5) is 13.3. The number of amides is 2. The van der Waals surface area contributed by atoms with Crippen LogP contribution in [-0.4, -0.2) is 54.5 Å². The smallest absolute Gasteiger partial charge is 0.318 e. The molecule has 2 aliphatic rings. The third kappa shape index (κ3) is 1.46. The molecule has 0 radical (unpaired) electrons. The van der Waals surface area contributed by atoms with Crippen molar-refractivity contribution in [2.45, 2.75) is 18.4 Å². The third-order valence-corrected chi connectivity index (χ3v) is 3.15. The fourth-order valence-corrected chi connectivity index (χ4v) is 2.19. The van der Waals surface area contributed by atoms with Crippen molar-refractivity contribution in [1.82, 2.24) is 10.2 Å². The molecular weight excluding hydrogens is 184 g/mol. The summed E-state index contributed by atoms with van der Waals surface area (Å²) in [5, 5.41) is 12.2. The van der Waals surface area contributed by atoms with Gasteiger partial charge in [-0.1, -0.05) is 0 Å². The number of nitrogens with one attached hydrogen (secondary N) is 1. The van der Waals surface area contributed by atoms with E-state index < -0.39 is 0 Å². The fraction of sp³-hybridized carbons (Fsp3) is 0.889. The Labute approximate surface area is 83.0 Å². The van der Waals surface area contributed by atoms with Crippen LogP contribution in [0.4, 0.5) is 4.79 Å². The van der Waals surface area contributed by atoms with Gasteiger partial charge in [-0.05, 0) is 12.8 Å². The van der Waals surface area contributed by atoms with Crippen molar-refractivity contribution >= 4 is 6.03 Å². The predicted octanol–water partition coefficient (Wildman–Crippen LogP) is -0.447. The van der Waals surface area contributed by atoms with E-state index in [1.54, 1.807) is 4.90 Å². The van der Waals surface area contributed by atoms with Crippen molar-refractivity contribution in [2.24, 2.45) is 0 Å². The highest BCUT2D eigenvalue weighted by Crippen LogP contribution is 2.28. The molecule has 5 nitrogen and oxygen atoms in total. The van der Waals surface area contributed by atoms with E-state index in [4.69, 9.17) is 4.74 Å². The molecular formula is C9H16N2O3. The fourth-order valence-electron chi connectivity index (χ4n) is 2.19. The first-order chi connectivity index (χ1) is 6.78. The lowest BCUT2D eigenvalue weighted by Gasteiger charge is -2.42. The molecule has 2 saturated heterocycles. The van der Waals surface area contributed by atoms with Gasteiger partial charge in [-0.25, -0.2) is 4.79 Å². The van der Waals surface area contributed by atoms with E-state index in [1.165, 1.54) is 0 Å². The molecule has 2 heterocycles. The van der Waals surface area contributed by atoms with E-state index in [1.807, 2.05) is 0 Å². The predicted molar refractivity (Wildman–Crippen MR) is 50.0 cm³/mol. The number of hydrogen-bond donors (Lipinski definition) is 2. The largest absolute Gasteiger partial charge is 0.394 e. The molecule has 14 heavy (non-hydrogen) atoms. The standard InChI is InChI=1S/C9H16N2O3/c12-7-9(1-5-14-6-2-9)11-4-3-10-8(11)13/h12H,1-7H2,(H,10,13). The number of nitrogens with zero attached hydrogens (tertiary/aromatic N) is 1. The minimum atomic E-state index is -0.376. The quantitative estimate of drug-likeness (QED) is 0.635. The number of carbonyl (C=O) groups excluding carboxylic acids is 1. The number of carbonyl (C=O) groups is 1. The Bertz CT molecular complexity index is 226. The summed E-state index contributed by atoms with van der Waals surface area (Å²) in [7, 11) is 0. The molecule has 0 aromatic rings. The highest BCUT2D eigenvalue weighted by molar-refractivity contribution is 5.77. The lowest BCUT2D eigenvalue weighted by Crippen LogP contribution is -2.55. The second-order valence-electron chi connectivity index (χ2n) is 3.88. The summed E-state index contributed by atoms with van der Waals surface area (Å²) in [6, 6.07) is -0.0547. The number of rotatable bonds is 2. The van der Waals surface area contributed by atoms with Crippen LogP contribution >= 0.6 is 0 Å². The molecule has 2 fully saturated rings. The molecule has 0 spiro atoms. The Hall–Kier alpha value is -0.810. The minimum absolute atomic E-state index is 0.0315. The van der Waals surface area contributed by atoms with Gasteiger partial charge in [0.2, 0.25) is 0 Å². The van der Waals surface area contributed by atoms with Crippen LogP contribution in [-0.2, 0) is 4.74 Å². The van der Waals surface area contributed by atoms with Gasteiger partial charge in [0.25, 0.3) is 0 Å². The van der Waals surface area contributed by atoms with Crippen LogP contribution < -0.4 is 5.32 Å². The molecule has 2 N–H and O–H groups in total. The van der Waals surface area contributed by atoms with Crippen LogP contribution in [0.15, 0.2) is 0 Å². The number of aliphatic hydroxyl groups is 1. The highest BCUT2D eigenvalue weighted by Gasteiger charge is 2.42. The molecule has 0 atom stereocenters. The molecule has 2 rings (SSSR count). The molecule has 5 heteroatoms. The Morgan fingerprint density at radius 2 is 2.21 bits per heavy atom. The maximum Gasteiger partial charge on any atom is 0.318 e. The van der Waals surface area contributed by atoms with Crippen molar-refractivity contribution in [1.29, 1.82) is 0 Å². The summed E-state index contributed by atoms with van der Waals surface area (Å²) in [6.45, 7) is 2.67. The average molecular weight is 200 g/mol. The molecule has 2 amide bonds. The molecule has 0 aromatic carbocycles. The van der Waals surface area contributed by atoms with E-state index in [0.717, 1.165) is 12.8 Å². The van der Waals surface area contributed by atoms with Crippen LogP contribution in [0.5, 0.6) is 0 Å². The molecule has 2 aliphatic heterocycles. The van der Waals surface area contributed by atoms with Gasteiger partial charge in [0.05, 0.1) is 12.1 Å². The van der Waals surface area contributed by atoms with Crippen LogP contribution in [0, 0.1) is 0 Å². The van der Waals surface area contributed by atoms with Crippen LogP contribution in [0.1, 0.15) is 12.8 Å². The summed E-state index contributed by atoms with van der Waals surface area (Å²) >= 11 is 0. The zero-order chi connectivity index (χ0) is 10.0. The Morgan fingerprint density at radius 1 is 1.50 bits per heavy atom. The van der Waals surface area contributed by atoms with Crippen LogP contribution in [0.2, 0.25) is 0 Å². The topological polar surface area (TPSA) is 61.8 Å². The van der Waals surface area contributed by atoms with E-state index in [9.17, 15) is 9.90 Å². The highest BCUT2D eigenvalue weighted by atomic mass is 16.5. The van der Waals surface area contributed by atoms with Gasteiger partial charge in [-0.15, -0.1) is 0 Å². The second kappa shape index (κ2) is 3.74. The minimum Gasteiger partial charge on any atom is -0.394 e. The lowest BCUT2D eigenvalue weighted by molar-refractivity contribution is -0.0313. The molecule has 0 saturated carbocycles. The normalized spacial score (nSPS) is 26.4. The Balaban J connectivity index is 2.13. The maximum atomic E-state index is 11.5. The van der Waals surface area contributed by atoms with Crippen molar-refractivity contribution in [3.63, 3.8) is 0 Å². The Kier molecular flexibility index (Phi) is 2.60. The van der Waals surface area contributed by atoms with Crippen molar-refractivity contribution in [2.75, 3.05) is 32.9 Å². The van der Waals surface area contributed by atoms with Gasteiger partial charge in [0.1, 0.15) is 0 Å². The monoisotopic (exact) mass is 200 g/mol. The molecule has 0 bridgehead atoms. The van der Waals surface area contributed by atoms with Gasteiger partial charge in [-0.3, -0.25) is 0 Å². The zero-order valence-electron chi connectivity index (χ0n) is 8.16. The first-order valence-electron chi connectivity index (χ1n) is 5.03. The summed E-state index contributed by atoms with van der Waals surface area (Å²) in [5.41, 5.74) is -0.376. The maximum absolute atomic E-state index is 11.5. The number of hydrogen-bond acceptors (Lipinski definition) is 3. The number of ether oxygens (including phenoxy) is 1. The van der Waals surface area contributed by atoms with E-state index >= 15 is 0 Å². The van der Waals surface area contributed by atoms with Crippen molar-refractivity contribution < 1.29 is 14.6 Å². The van der Waals surface area contributed by atoms with Gasteiger partial charge in [0.15, 0.2) is 0 Å². The zero-order valence-corrected chi connectivity index (χ0v) is 8.16. The van der Waals surface area contributed by atoms with E-state index in [2.05, 4.69) is 5.32 Å². The molecule has 80 valence electrons. The average Bonchev–Trinajstić information content (AvgIpc) is 2.66. The van der Waals surface area contributed by atoms with E-state index in [0.29, 0.717) is 26.3 Å². The third-order valence-electron chi connectivity index (χ3n) is 3.15. The van der Waals surface area contributed by atoms with Gasteiger partial charge in [0, 0.05) is 26.3 Å². The summed E-state index contributed by atoms with van der Waals surface area (Å²) < 4.78 is 5.25. The first kappa shape index (κ1) is 9.73. The van der Waals surface area contributed by atoms with Crippen LogP contribution in [0.3, 0.4) is 0 Å². The van der Waals surface area contributed by atoms with Gasteiger partial charge < -0.3 is 20.1 Å². The van der Waals surface area contributed by atoms with Crippen molar-refractivity contribution in [3.8, 4) is 0 Å². The van der Waals surface area contributed by atoms with Crippen molar-refractivity contribution in [3.05, 3.63) is 0 Å².